The molecule has 2 nitrogen and oxygen atoms in total. The van der Waals surface area contributed by atoms with E-state index in [-0.39, 0.29) is 0 Å². The molecule has 0 spiro atoms. The van der Waals surface area contributed by atoms with Gasteiger partial charge in [0.1, 0.15) is 18.4 Å². The fourth-order valence-corrected chi connectivity index (χ4v) is 4.85. The first-order chi connectivity index (χ1) is 14.8. The monoisotopic (exact) mass is 411 g/mol. The Hall–Kier alpha value is -1.57. The fourth-order valence-electron chi connectivity index (χ4n) is 4.85. The number of hydrogen-bond acceptors (Lipinski definition) is 0. The number of unbranched alkanes of at least 4 members (excludes halogenated alkanes) is 10. The van der Waals surface area contributed by atoms with Crippen LogP contribution in [0.25, 0.3) is 0 Å². The highest BCUT2D eigenvalue weighted by Crippen LogP contribution is 2.28. The standard InChI is InChI=1S/C28H46N2/c1-3-5-6-7-8-9-10-11-12-13-17-21-27(24-26-19-15-14-16-20-26)28(18-4-2)30-23-22-29-25-30/h14-16,19-20,22-23,25,27-28H,3-13,17-18,21,24H2,1-2H3/p+1. The van der Waals surface area contributed by atoms with E-state index in [0.29, 0.717) is 12.0 Å². The minimum atomic E-state index is 0.601. The molecule has 2 heteroatoms. The van der Waals surface area contributed by atoms with E-state index >= 15 is 0 Å². The second kappa shape index (κ2) is 16.2. The third kappa shape index (κ3) is 9.96. The van der Waals surface area contributed by atoms with Crippen LogP contribution in [0.1, 0.15) is 115 Å². The van der Waals surface area contributed by atoms with Crippen molar-refractivity contribution in [2.75, 3.05) is 0 Å². The minimum Gasteiger partial charge on any atom is -0.250 e. The molecule has 0 bridgehead atoms. The molecule has 0 radical (unpaired) electrons. The Morgan fingerprint density at radius 2 is 1.37 bits per heavy atom. The van der Waals surface area contributed by atoms with Gasteiger partial charge in [-0.2, -0.15) is 0 Å². The summed E-state index contributed by atoms with van der Waals surface area (Å²) in [5, 5.41) is 0. The summed E-state index contributed by atoms with van der Waals surface area (Å²) in [6, 6.07) is 11.7. The Morgan fingerprint density at radius 1 is 0.733 bits per heavy atom. The van der Waals surface area contributed by atoms with Crippen LogP contribution in [0, 0.1) is 5.92 Å². The van der Waals surface area contributed by atoms with E-state index in [1.54, 1.807) is 0 Å². The lowest BCUT2D eigenvalue weighted by Crippen LogP contribution is -2.42. The molecule has 0 saturated heterocycles. The van der Waals surface area contributed by atoms with Gasteiger partial charge in [0.15, 0.2) is 0 Å². The molecular formula is C28H47N2+. The summed E-state index contributed by atoms with van der Waals surface area (Å²) in [7, 11) is 0. The van der Waals surface area contributed by atoms with Crippen molar-refractivity contribution in [2.24, 2.45) is 5.92 Å². The lowest BCUT2D eigenvalue weighted by atomic mass is 9.85. The highest BCUT2D eigenvalue weighted by molar-refractivity contribution is 5.15. The number of nitrogens with one attached hydrogen (secondary N) is 1. The van der Waals surface area contributed by atoms with Gasteiger partial charge in [0, 0.05) is 5.92 Å². The molecule has 168 valence electrons. The maximum atomic E-state index is 3.26. The highest BCUT2D eigenvalue weighted by Gasteiger charge is 2.26. The summed E-state index contributed by atoms with van der Waals surface area (Å²) >= 11 is 0. The third-order valence-electron chi connectivity index (χ3n) is 6.60. The van der Waals surface area contributed by atoms with Crippen LogP contribution in [-0.2, 0) is 6.42 Å². The van der Waals surface area contributed by atoms with Gasteiger partial charge in [-0.1, -0.05) is 121 Å². The first-order valence-corrected chi connectivity index (χ1v) is 12.9. The van der Waals surface area contributed by atoms with Gasteiger partial charge in [-0.3, -0.25) is 4.98 Å². The Labute approximate surface area is 186 Å². The highest BCUT2D eigenvalue weighted by atomic mass is 15.1. The smallest absolute Gasteiger partial charge is 0.241 e. The van der Waals surface area contributed by atoms with E-state index in [2.05, 4.69) is 72.5 Å². The topological polar surface area (TPSA) is 19.7 Å². The first kappa shape index (κ1) is 24.7. The van der Waals surface area contributed by atoms with Crippen molar-refractivity contribution in [3.05, 3.63) is 54.6 Å². The number of hydrogen-bond donors (Lipinski definition) is 1. The molecule has 2 atom stereocenters. The zero-order valence-corrected chi connectivity index (χ0v) is 19.8. The molecular weight excluding hydrogens is 364 g/mol. The first-order valence-electron chi connectivity index (χ1n) is 12.9. The summed E-state index contributed by atoms with van der Waals surface area (Å²) in [4.78, 5) is 3.26. The van der Waals surface area contributed by atoms with Crippen molar-refractivity contribution in [1.82, 2.24) is 4.98 Å². The summed E-state index contributed by atoms with van der Waals surface area (Å²) < 4.78 is 2.43. The number of nitrogens with zero attached hydrogens (tertiary/aromatic N) is 1. The second-order valence-corrected chi connectivity index (χ2v) is 9.19. The van der Waals surface area contributed by atoms with Gasteiger partial charge in [0.25, 0.3) is 0 Å². The minimum absolute atomic E-state index is 0.601. The normalized spacial score (nSPS) is 13.4. The van der Waals surface area contributed by atoms with Crippen molar-refractivity contribution >= 4 is 0 Å². The Kier molecular flexibility index (Phi) is 13.3. The number of benzene rings is 1. The molecule has 2 unspecified atom stereocenters. The molecule has 1 aromatic heterocycles. The van der Waals surface area contributed by atoms with Gasteiger partial charge >= 0.3 is 0 Å². The molecule has 0 fully saturated rings. The van der Waals surface area contributed by atoms with Crippen LogP contribution in [-0.4, -0.2) is 4.98 Å². The maximum absolute atomic E-state index is 3.26. The Morgan fingerprint density at radius 3 is 1.93 bits per heavy atom. The molecule has 30 heavy (non-hydrogen) atoms. The molecule has 0 aliphatic rings. The second-order valence-electron chi connectivity index (χ2n) is 9.19. The van der Waals surface area contributed by atoms with E-state index in [9.17, 15) is 0 Å². The van der Waals surface area contributed by atoms with Gasteiger partial charge in [0.2, 0.25) is 6.33 Å². The average molecular weight is 412 g/mol. The average Bonchev–Trinajstić information content (AvgIpc) is 3.30. The van der Waals surface area contributed by atoms with Crippen LogP contribution in [0.15, 0.2) is 49.1 Å². The molecule has 2 aromatic rings. The zero-order valence-electron chi connectivity index (χ0n) is 19.8. The van der Waals surface area contributed by atoms with Gasteiger partial charge in [-0.15, -0.1) is 0 Å². The summed E-state index contributed by atoms with van der Waals surface area (Å²) in [6.45, 7) is 4.62. The van der Waals surface area contributed by atoms with Gasteiger partial charge in [0.05, 0.1) is 0 Å². The van der Waals surface area contributed by atoms with Crippen LogP contribution in [0.3, 0.4) is 0 Å². The molecule has 2 rings (SSSR count). The van der Waals surface area contributed by atoms with E-state index in [4.69, 9.17) is 0 Å². The van der Waals surface area contributed by atoms with E-state index in [1.807, 2.05) is 0 Å². The predicted molar refractivity (Wildman–Crippen MR) is 130 cm³/mol. The van der Waals surface area contributed by atoms with E-state index < -0.39 is 0 Å². The molecule has 0 amide bonds. The van der Waals surface area contributed by atoms with Crippen LogP contribution >= 0.6 is 0 Å². The van der Waals surface area contributed by atoms with Crippen molar-refractivity contribution < 1.29 is 4.57 Å². The number of aromatic nitrogens is 2. The van der Waals surface area contributed by atoms with E-state index in [1.165, 1.54) is 102 Å². The van der Waals surface area contributed by atoms with Crippen LogP contribution < -0.4 is 4.57 Å². The Bertz CT molecular complexity index is 605. The number of H-pyrrole nitrogens is 1. The molecule has 0 aliphatic carbocycles. The van der Waals surface area contributed by atoms with Crippen LogP contribution in [0.4, 0.5) is 0 Å². The van der Waals surface area contributed by atoms with Crippen molar-refractivity contribution in [3.8, 4) is 0 Å². The van der Waals surface area contributed by atoms with Crippen molar-refractivity contribution in [1.29, 1.82) is 0 Å². The quantitative estimate of drug-likeness (QED) is 0.188. The van der Waals surface area contributed by atoms with Crippen molar-refractivity contribution in [3.63, 3.8) is 0 Å². The van der Waals surface area contributed by atoms with Crippen LogP contribution in [0.2, 0.25) is 0 Å². The lowest BCUT2D eigenvalue weighted by Gasteiger charge is -2.25. The fraction of sp³-hybridized carbons (Fsp3) is 0.679. The van der Waals surface area contributed by atoms with Crippen LogP contribution in [0.5, 0.6) is 0 Å². The molecule has 1 N–H and O–H groups in total. The largest absolute Gasteiger partial charge is 0.250 e. The molecule has 1 heterocycles. The van der Waals surface area contributed by atoms with E-state index in [0.717, 1.165) is 0 Å². The molecule has 0 aliphatic heterocycles. The predicted octanol–water partition coefficient (Wildman–Crippen LogP) is 8.20. The third-order valence-corrected chi connectivity index (χ3v) is 6.60. The van der Waals surface area contributed by atoms with Crippen molar-refractivity contribution in [2.45, 2.75) is 116 Å². The maximum Gasteiger partial charge on any atom is 0.241 e. The number of rotatable bonds is 18. The summed E-state index contributed by atoms with van der Waals surface area (Å²) in [6.07, 6.45) is 27.1. The number of imidazole rings is 1. The lowest BCUT2D eigenvalue weighted by molar-refractivity contribution is -0.730. The Balaban J connectivity index is 1.75. The van der Waals surface area contributed by atoms with Gasteiger partial charge < -0.3 is 0 Å². The van der Waals surface area contributed by atoms with Gasteiger partial charge in [-0.05, 0) is 24.8 Å². The SMILES string of the molecule is CCCCCCCCCCCCCC(Cc1ccccc1)C(CCC)[n+]1cc[nH]c1. The molecule has 1 aromatic carbocycles. The van der Waals surface area contributed by atoms with Gasteiger partial charge in [-0.25, -0.2) is 4.57 Å². The summed E-state index contributed by atoms with van der Waals surface area (Å²) in [5.74, 6) is 0.715. The zero-order chi connectivity index (χ0) is 21.3. The molecule has 0 saturated carbocycles. The summed E-state index contributed by atoms with van der Waals surface area (Å²) in [5.41, 5.74) is 1.49. The number of aromatic amines is 1.